The molecule has 0 N–H and O–H groups in total. The third-order valence-corrected chi connectivity index (χ3v) is 11.3. The van der Waals surface area contributed by atoms with Crippen LogP contribution in [0.3, 0.4) is 0 Å². The number of fused-ring (bicyclic) bond motifs is 9. The Bertz CT molecular complexity index is 2600. The fraction of sp³-hybridized carbons (Fsp3) is 0.130. The molecule has 0 amide bonds. The van der Waals surface area contributed by atoms with Crippen molar-refractivity contribution in [2.24, 2.45) is 0 Å². The van der Waals surface area contributed by atoms with Crippen LogP contribution in [0.4, 0.5) is 17.1 Å². The molecule has 1 aliphatic carbocycles. The molecule has 230 valence electrons. The highest BCUT2D eigenvalue weighted by molar-refractivity contribution is 6.17. The van der Waals surface area contributed by atoms with Gasteiger partial charge in [-0.3, -0.25) is 0 Å². The molecule has 2 heterocycles. The molecule has 0 bridgehead atoms. The Morgan fingerprint density at radius 1 is 0.438 bits per heavy atom. The largest absolute Gasteiger partial charge is 0.309 e. The van der Waals surface area contributed by atoms with Crippen LogP contribution in [0.5, 0.6) is 0 Å². The molecule has 0 saturated heterocycles. The first-order chi connectivity index (χ1) is 23.4. The third-order valence-electron chi connectivity index (χ3n) is 11.3. The smallest absolute Gasteiger partial charge is 0.0581 e. The summed E-state index contributed by atoms with van der Waals surface area (Å²) in [5.74, 6) is 0. The van der Waals surface area contributed by atoms with Crippen LogP contribution in [-0.2, 0) is 10.8 Å². The standard InChI is InChI=1S/C46H36N2/c1-45(2)35-23-13-11-20-31(35)34-28-37-44(33-22-15-24-36(45)41(33)34)48(30-18-9-6-10-19-30)40-27-26-39-42(43(40)46(37,3)4)32-21-12-14-25-38(32)47(39)29-16-7-5-8-17-29/h5-28H,1-4H3. The van der Waals surface area contributed by atoms with E-state index in [1.165, 1.54) is 88.7 Å². The molecular weight excluding hydrogens is 581 g/mol. The summed E-state index contributed by atoms with van der Waals surface area (Å²) in [6.07, 6.45) is 0. The van der Waals surface area contributed by atoms with E-state index in [1.807, 2.05) is 0 Å². The van der Waals surface area contributed by atoms with Crippen molar-refractivity contribution in [3.8, 4) is 16.8 Å². The number of nitrogens with zero attached hydrogens (tertiary/aromatic N) is 2. The molecule has 1 aromatic heterocycles. The lowest BCUT2D eigenvalue weighted by molar-refractivity contribution is 0.636. The summed E-state index contributed by atoms with van der Waals surface area (Å²) >= 11 is 0. The van der Waals surface area contributed by atoms with Crippen molar-refractivity contribution in [3.05, 3.63) is 168 Å². The highest BCUT2D eigenvalue weighted by atomic mass is 15.2. The Kier molecular flexibility index (Phi) is 5.44. The first-order valence-electron chi connectivity index (χ1n) is 17.0. The predicted octanol–water partition coefficient (Wildman–Crippen LogP) is 12.4. The monoisotopic (exact) mass is 616 g/mol. The van der Waals surface area contributed by atoms with E-state index in [1.54, 1.807) is 0 Å². The predicted molar refractivity (Wildman–Crippen MR) is 203 cm³/mol. The molecule has 8 aromatic rings. The van der Waals surface area contributed by atoms with Crippen LogP contribution in [0, 0.1) is 0 Å². The highest BCUT2D eigenvalue weighted by Gasteiger charge is 2.43. The summed E-state index contributed by atoms with van der Waals surface area (Å²) in [6.45, 7) is 9.66. The number of benzene rings is 7. The number of aromatic nitrogens is 1. The van der Waals surface area contributed by atoms with Crippen molar-refractivity contribution < 1.29 is 0 Å². The lowest BCUT2D eigenvalue weighted by atomic mass is 9.65. The maximum atomic E-state index is 2.56. The molecule has 0 spiro atoms. The maximum Gasteiger partial charge on any atom is 0.0581 e. The van der Waals surface area contributed by atoms with Crippen molar-refractivity contribution >= 4 is 49.6 Å². The summed E-state index contributed by atoms with van der Waals surface area (Å²) in [6, 6.07) is 54.0. The Labute approximate surface area is 281 Å². The van der Waals surface area contributed by atoms with E-state index < -0.39 is 0 Å². The molecule has 2 heteroatoms. The molecule has 48 heavy (non-hydrogen) atoms. The average molecular weight is 617 g/mol. The first-order valence-corrected chi connectivity index (χ1v) is 17.0. The van der Waals surface area contributed by atoms with Gasteiger partial charge in [0.1, 0.15) is 0 Å². The van der Waals surface area contributed by atoms with Gasteiger partial charge in [0.2, 0.25) is 0 Å². The summed E-state index contributed by atoms with van der Waals surface area (Å²) < 4.78 is 2.44. The molecule has 0 fully saturated rings. The van der Waals surface area contributed by atoms with Crippen LogP contribution in [-0.4, -0.2) is 4.57 Å². The van der Waals surface area contributed by atoms with Gasteiger partial charge in [-0.2, -0.15) is 0 Å². The van der Waals surface area contributed by atoms with Crippen LogP contribution in [0.25, 0.3) is 49.4 Å². The van der Waals surface area contributed by atoms with E-state index in [-0.39, 0.29) is 10.8 Å². The fourth-order valence-electron chi connectivity index (χ4n) is 9.15. The second-order valence-corrected chi connectivity index (χ2v) is 14.6. The van der Waals surface area contributed by atoms with Gasteiger partial charge in [0, 0.05) is 38.4 Å². The van der Waals surface area contributed by atoms with Crippen LogP contribution in [0.1, 0.15) is 49.9 Å². The molecule has 0 radical (unpaired) electrons. The Hall–Kier alpha value is -5.60. The summed E-state index contributed by atoms with van der Waals surface area (Å²) in [4.78, 5) is 2.56. The summed E-state index contributed by atoms with van der Waals surface area (Å²) in [5.41, 5.74) is 15.2. The molecule has 0 saturated carbocycles. The van der Waals surface area contributed by atoms with Gasteiger partial charge >= 0.3 is 0 Å². The van der Waals surface area contributed by atoms with E-state index in [0.29, 0.717) is 0 Å². The van der Waals surface area contributed by atoms with Gasteiger partial charge in [-0.1, -0.05) is 125 Å². The van der Waals surface area contributed by atoms with Crippen LogP contribution < -0.4 is 4.90 Å². The third kappa shape index (κ3) is 3.42. The van der Waals surface area contributed by atoms with Crippen molar-refractivity contribution in [1.82, 2.24) is 4.57 Å². The fourth-order valence-corrected chi connectivity index (χ4v) is 9.15. The van der Waals surface area contributed by atoms with E-state index in [9.17, 15) is 0 Å². The normalized spacial score (nSPS) is 15.4. The molecule has 2 aliphatic rings. The SMILES string of the molecule is CC1(C)c2ccccc2-c2cc3c(c4cccc1c24)N(c1ccccc1)c1ccc2c(c1C3(C)C)c1ccccc1n2-c1ccccc1. The van der Waals surface area contributed by atoms with Crippen LogP contribution in [0.2, 0.25) is 0 Å². The average Bonchev–Trinajstić information content (AvgIpc) is 3.46. The molecular formula is C46H36N2. The van der Waals surface area contributed by atoms with E-state index in [0.717, 1.165) is 0 Å². The van der Waals surface area contributed by atoms with Gasteiger partial charge < -0.3 is 9.47 Å². The zero-order chi connectivity index (χ0) is 32.4. The number of para-hydroxylation sites is 3. The lowest BCUT2D eigenvalue weighted by Crippen LogP contribution is -2.32. The minimum absolute atomic E-state index is 0.109. The Balaban J connectivity index is 1.39. The van der Waals surface area contributed by atoms with Crippen molar-refractivity contribution in [2.75, 3.05) is 4.90 Å². The van der Waals surface area contributed by atoms with E-state index in [4.69, 9.17) is 0 Å². The summed E-state index contributed by atoms with van der Waals surface area (Å²) in [7, 11) is 0. The minimum atomic E-state index is -0.302. The van der Waals surface area contributed by atoms with E-state index >= 15 is 0 Å². The van der Waals surface area contributed by atoms with Crippen LogP contribution >= 0.6 is 0 Å². The number of rotatable bonds is 2. The zero-order valence-corrected chi connectivity index (χ0v) is 27.8. The number of hydrogen-bond acceptors (Lipinski definition) is 1. The highest BCUT2D eigenvalue weighted by Crippen LogP contribution is 2.60. The second kappa shape index (κ2) is 9.49. The second-order valence-electron chi connectivity index (χ2n) is 14.6. The van der Waals surface area contributed by atoms with E-state index in [2.05, 4.69) is 183 Å². The molecule has 7 aromatic carbocycles. The molecule has 10 rings (SSSR count). The Morgan fingerprint density at radius 2 is 1.08 bits per heavy atom. The van der Waals surface area contributed by atoms with Crippen molar-refractivity contribution in [3.63, 3.8) is 0 Å². The van der Waals surface area contributed by atoms with Gasteiger partial charge in [0.05, 0.1) is 22.4 Å². The molecule has 2 nitrogen and oxygen atoms in total. The topological polar surface area (TPSA) is 8.17 Å². The van der Waals surface area contributed by atoms with Gasteiger partial charge in [-0.25, -0.2) is 0 Å². The first kappa shape index (κ1) is 27.5. The maximum absolute atomic E-state index is 2.56. The Morgan fingerprint density at radius 3 is 1.88 bits per heavy atom. The van der Waals surface area contributed by atoms with Gasteiger partial charge in [0.15, 0.2) is 0 Å². The number of anilines is 3. The molecule has 0 atom stereocenters. The quantitative estimate of drug-likeness (QED) is 0.188. The van der Waals surface area contributed by atoms with Gasteiger partial charge in [-0.15, -0.1) is 0 Å². The summed E-state index contributed by atoms with van der Waals surface area (Å²) in [5, 5.41) is 5.31. The van der Waals surface area contributed by atoms with Crippen molar-refractivity contribution in [2.45, 2.75) is 38.5 Å². The molecule has 0 unspecified atom stereocenters. The van der Waals surface area contributed by atoms with Crippen LogP contribution in [0.15, 0.2) is 146 Å². The van der Waals surface area contributed by atoms with Gasteiger partial charge in [-0.05, 0) is 87.3 Å². The molecule has 1 aliphatic heterocycles. The van der Waals surface area contributed by atoms with Crippen molar-refractivity contribution in [1.29, 1.82) is 0 Å². The number of hydrogen-bond donors (Lipinski definition) is 0. The zero-order valence-electron chi connectivity index (χ0n) is 27.8. The van der Waals surface area contributed by atoms with Gasteiger partial charge in [0.25, 0.3) is 0 Å². The lowest BCUT2D eigenvalue weighted by Gasteiger charge is -2.45. The minimum Gasteiger partial charge on any atom is -0.309 e.